The van der Waals surface area contributed by atoms with Gasteiger partial charge in [0, 0.05) is 13.1 Å². The van der Waals surface area contributed by atoms with Gasteiger partial charge in [-0.1, -0.05) is 12.1 Å². The number of aryl methyl sites for hydroxylation is 2. The molecule has 1 N–H and O–H groups in total. The van der Waals surface area contributed by atoms with Gasteiger partial charge in [0.1, 0.15) is 10.6 Å². The van der Waals surface area contributed by atoms with Crippen LogP contribution in [-0.2, 0) is 10.0 Å². The first-order valence-corrected chi connectivity index (χ1v) is 8.53. The third kappa shape index (κ3) is 3.59. The minimum absolute atomic E-state index is 0.171. The molecule has 6 nitrogen and oxygen atoms in total. The van der Waals surface area contributed by atoms with Crippen molar-refractivity contribution < 1.29 is 12.9 Å². The van der Waals surface area contributed by atoms with Crippen LogP contribution < -0.4 is 4.72 Å². The van der Waals surface area contributed by atoms with E-state index >= 15 is 0 Å². The van der Waals surface area contributed by atoms with E-state index in [4.69, 9.17) is 4.52 Å². The molecule has 20 heavy (non-hydrogen) atoms. The Hall–Kier alpha value is -0.920. The molecule has 0 aromatic carbocycles. The van der Waals surface area contributed by atoms with E-state index in [1.165, 1.54) is 12.8 Å². The van der Waals surface area contributed by atoms with Crippen molar-refractivity contribution >= 4 is 10.0 Å². The number of piperidine rings is 1. The standard InChI is InChI=1S/C13H23N3O3S/c1-10-4-7-16(8-5-10)9-6-14-20(17,18)13-11(2)15-19-12(13)3/h10,14H,4-9H2,1-3H3. The first kappa shape index (κ1) is 15.5. The summed E-state index contributed by atoms with van der Waals surface area (Å²) in [4.78, 5) is 2.47. The highest BCUT2D eigenvalue weighted by Crippen LogP contribution is 2.18. The Balaban J connectivity index is 1.87. The molecule has 2 heterocycles. The maximum absolute atomic E-state index is 12.2. The second-order valence-corrected chi connectivity index (χ2v) is 7.28. The summed E-state index contributed by atoms with van der Waals surface area (Å²) in [7, 11) is -3.52. The van der Waals surface area contributed by atoms with Crippen molar-refractivity contribution in [2.75, 3.05) is 26.2 Å². The van der Waals surface area contributed by atoms with Gasteiger partial charge in [0.05, 0.1) is 0 Å². The van der Waals surface area contributed by atoms with Crippen molar-refractivity contribution in [3.05, 3.63) is 11.5 Å². The van der Waals surface area contributed by atoms with Crippen LogP contribution in [0.2, 0.25) is 0 Å². The first-order valence-electron chi connectivity index (χ1n) is 7.05. The van der Waals surface area contributed by atoms with Crippen LogP contribution in [0, 0.1) is 19.8 Å². The van der Waals surface area contributed by atoms with Crippen molar-refractivity contribution in [1.29, 1.82) is 0 Å². The maximum atomic E-state index is 12.2. The first-order chi connectivity index (χ1) is 9.40. The topological polar surface area (TPSA) is 75.4 Å². The fraction of sp³-hybridized carbons (Fsp3) is 0.769. The number of hydrogen-bond acceptors (Lipinski definition) is 5. The Morgan fingerprint density at radius 3 is 2.55 bits per heavy atom. The lowest BCUT2D eigenvalue weighted by molar-refractivity contribution is 0.195. The summed E-state index contributed by atoms with van der Waals surface area (Å²) in [6.45, 7) is 8.77. The SMILES string of the molecule is Cc1noc(C)c1S(=O)(=O)NCCN1CCC(C)CC1. The van der Waals surface area contributed by atoms with Gasteiger partial charge in [-0.25, -0.2) is 13.1 Å². The van der Waals surface area contributed by atoms with Crippen LogP contribution in [0.4, 0.5) is 0 Å². The van der Waals surface area contributed by atoms with Crippen LogP contribution in [0.15, 0.2) is 9.42 Å². The fourth-order valence-corrected chi connectivity index (χ4v) is 3.90. The summed E-state index contributed by atoms with van der Waals surface area (Å²) in [5, 5.41) is 3.68. The molecule has 0 bridgehead atoms. The van der Waals surface area contributed by atoms with Crippen LogP contribution in [0.5, 0.6) is 0 Å². The summed E-state index contributed by atoms with van der Waals surface area (Å²) >= 11 is 0. The molecule has 0 radical (unpaired) electrons. The van der Waals surface area contributed by atoms with Crippen molar-refractivity contribution in [2.45, 2.75) is 38.5 Å². The molecule has 2 rings (SSSR count). The smallest absolute Gasteiger partial charge is 0.246 e. The highest BCUT2D eigenvalue weighted by atomic mass is 32.2. The molecular weight excluding hydrogens is 278 g/mol. The Morgan fingerprint density at radius 2 is 2.00 bits per heavy atom. The summed E-state index contributed by atoms with van der Waals surface area (Å²) in [5.74, 6) is 1.12. The van der Waals surface area contributed by atoms with Crippen LogP contribution >= 0.6 is 0 Å². The van der Waals surface area contributed by atoms with Crippen LogP contribution in [-0.4, -0.2) is 44.7 Å². The molecule has 7 heteroatoms. The van der Waals surface area contributed by atoms with Gasteiger partial charge >= 0.3 is 0 Å². The van der Waals surface area contributed by atoms with Gasteiger partial charge in [0.2, 0.25) is 10.0 Å². The molecule has 0 amide bonds. The number of nitrogens with zero attached hydrogens (tertiary/aromatic N) is 2. The zero-order valence-electron chi connectivity index (χ0n) is 12.3. The lowest BCUT2D eigenvalue weighted by Gasteiger charge is -2.30. The maximum Gasteiger partial charge on any atom is 0.246 e. The fourth-order valence-electron chi connectivity index (χ4n) is 2.55. The molecular formula is C13H23N3O3S. The normalized spacial score (nSPS) is 18.6. The molecule has 1 aliphatic heterocycles. The Kier molecular flexibility index (Phi) is 4.82. The van der Waals surface area contributed by atoms with Gasteiger partial charge in [0.25, 0.3) is 0 Å². The van der Waals surface area contributed by atoms with Crippen molar-refractivity contribution in [1.82, 2.24) is 14.8 Å². The third-order valence-electron chi connectivity index (χ3n) is 3.83. The van der Waals surface area contributed by atoms with Gasteiger partial charge in [-0.15, -0.1) is 0 Å². The number of rotatable bonds is 5. The summed E-state index contributed by atoms with van der Waals surface area (Å²) in [6, 6.07) is 0. The van der Waals surface area contributed by atoms with Gasteiger partial charge < -0.3 is 9.42 Å². The van der Waals surface area contributed by atoms with Crippen molar-refractivity contribution in [3.8, 4) is 0 Å². The molecule has 0 spiro atoms. The molecule has 0 saturated carbocycles. The summed E-state index contributed by atoms with van der Waals surface area (Å²) in [6.07, 6.45) is 2.38. The van der Waals surface area contributed by atoms with Gasteiger partial charge in [-0.2, -0.15) is 0 Å². The predicted molar refractivity (Wildman–Crippen MR) is 76.0 cm³/mol. The molecule has 0 aliphatic carbocycles. The minimum atomic E-state index is -3.52. The van der Waals surface area contributed by atoms with Gasteiger partial charge in [-0.3, -0.25) is 0 Å². The quantitative estimate of drug-likeness (QED) is 0.887. The van der Waals surface area contributed by atoms with E-state index in [-0.39, 0.29) is 4.90 Å². The Labute approximate surface area is 120 Å². The van der Waals surface area contributed by atoms with Gasteiger partial charge in [-0.05, 0) is 45.7 Å². The molecule has 1 aliphatic rings. The molecule has 0 unspecified atom stereocenters. The zero-order chi connectivity index (χ0) is 14.8. The molecule has 114 valence electrons. The minimum Gasteiger partial charge on any atom is -0.360 e. The average Bonchev–Trinajstić information content (AvgIpc) is 2.72. The number of likely N-dealkylation sites (tertiary alicyclic amines) is 1. The number of nitrogens with one attached hydrogen (secondary N) is 1. The second-order valence-electron chi connectivity index (χ2n) is 5.58. The van der Waals surface area contributed by atoms with Crippen molar-refractivity contribution in [3.63, 3.8) is 0 Å². The third-order valence-corrected chi connectivity index (χ3v) is 5.54. The van der Waals surface area contributed by atoms with E-state index < -0.39 is 10.0 Å². The molecule has 1 aromatic heterocycles. The average molecular weight is 301 g/mol. The van der Waals surface area contributed by atoms with Crippen molar-refractivity contribution in [2.24, 2.45) is 5.92 Å². The number of aromatic nitrogens is 1. The predicted octanol–water partition coefficient (Wildman–Crippen LogP) is 1.30. The van der Waals surface area contributed by atoms with E-state index in [2.05, 4.69) is 21.7 Å². The lowest BCUT2D eigenvalue weighted by atomic mass is 9.99. The molecule has 1 aromatic rings. The van der Waals surface area contributed by atoms with E-state index in [0.717, 1.165) is 25.6 Å². The van der Waals surface area contributed by atoms with E-state index in [1.807, 2.05) is 0 Å². The second kappa shape index (κ2) is 6.24. The molecule has 0 atom stereocenters. The Bertz CT molecular complexity index is 526. The number of sulfonamides is 1. The van der Waals surface area contributed by atoms with E-state index in [9.17, 15) is 8.42 Å². The van der Waals surface area contributed by atoms with Crippen LogP contribution in [0.1, 0.15) is 31.2 Å². The summed E-state index contributed by atoms with van der Waals surface area (Å²) in [5.41, 5.74) is 0.404. The highest BCUT2D eigenvalue weighted by Gasteiger charge is 2.24. The zero-order valence-corrected chi connectivity index (χ0v) is 13.2. The molecule has 1 fully saturated rings. The number of hydrogen-bond donors (Lipinski definition) is 1. The van der Waals surface area contributed by atoms with E-state index in [1.54, 1.807) is 13.8 Å². The monoisotopic (exact) mass is 301 g/mol. The van der Waals surface area contributed by atoms with Crippen LogP contribution in [0.25, 0.3) is 0 Å². The van der Waals surface area contributed by atoms with Gasteiger partial charge in [0.15, 0.2) is 5.76 Å². The largest absolute Gasteiger partial charge is 0.360 e. The van der Waals surface area contributed by atoms with Crippen LogP contribution in [0.3, 0.4) is 0 Å². The summed E-state index contributed by atoms with van der Waals surface area (Å²) < 4.78 is 31.9. The highest BCUT2D eigenvalue weighted by molar-refractivity contribution is 7.89. The molecule has 1 saturated heterocycles. The van der Waals surface area contributed by atoms with E-state index in [0.29, 0.717) is 18.0 Å². The lowest BCUT2D eigenvalue weighted by Crippen LogP contribution is -2.39. The Morgan fingerprint density at radius 1 is 1.35 bits per heavy atom.